The molecule has 1 aliphatic heterocycles. The van der Waals surface area contributed by atoms with E-state index in [0.717, 1.165) is 5.56 Å². The molecule has 1 unspecified atom stereocenters. The predicted molar refractivity (Wildman–Crippen MR) is 166 cm³/mol. The van der Waals surface area contributed by atoms with Crippen LogP contribution in [0.2, 0.25) is 0 Å². The Kier molecular flexibility index (Phi) is 18.3. The summed E-state index contributed by atoms with van der Waals surface area (Å²) < 4.78 is 0. The highest BCUT2D eigenvalue weighted by atomic mass is 16.4. The molecule has 1 fully saturated rings. The van der Waals surface area contributed by atoms with Crippen molar-refractivity contribution < 1.29 is 24.6 Å². The van der Waals surface area contributed by atoms with E-state index in [0.29, 0.717) is 31.6 Å². The number of rotatable bonds is 10. The van der Waals surface area contributed by atoms with Crippen LogP contribution in [0.5, 0.6) is 0 Å². The first-order valence-electron chi connectivity index (χ1n) is 13.6. The number of amides is 2. The third kappa shape index (κ3) is 12.8. The van der Waals surface area contributed by atoms with Gasteiger partial charge in [-0.2, -0.15) is 0 Å². The Morgan fingerprint density at radius 3 is 2.00 bits per heavy atom. The molecule has 232 valence electrons. The number of anilines is 2. The summed E-state index contributed by atoms with van der Waals surface area (Å²) in [5, 5.41) is 24.3. The van der Waals surface area contributed by atoms with Gasteiger partial charge in [0.15, 0.2) is 0 Å². The lowest BCUT2D eigenvalue weighted by molar-refractivity contribution is -0.150. The zero-order valence-corrected chi connectivity index (χ0v) is 25.6. The number of hydrogen-bond donors (Lipinski definition) is 4. The van der Waals surface area contributed by atoms with Gasteiger partial charge in [0.25, 0.3) is 10.9 Å². The van der Waals surface area contributed by atoms with Crippen LogP contribution in [-0.4, -0.2) is 90.5 Å². The summed E-state index contributed by atoms with van der Waals surface area (Å²) in [7, 11) is 6.00. The second-order valence-corrected chi connectivity index (χ2v) is 9.28. The molecule has 2 aromatic rings. The van der Waals surface area contributed by atoms with Gasteiger partial charge >= 0.3 is 5.97 Å². The number of allylic oxidation sites excluding steroid dienone is 2. The van der Waals surface area contributed by atoms with Crippen LogP contribution in [0.4, 0.5) is 11.4 Å². The lowest BCUT2D eigenvalue weighted by Gasteiger charge is -2.35. The van der Waals surface area contributed by atoms with Crippen molar-refractivity contribution in [3.63, 3.8) is 0 Å². The summed E-state index contributed by atoms with van der Waals surface area (Å²) in [5.41, 5.74) is 1.16. The minimum atomic E-state index is -1.08. The summed E-state index contributed by atoms with van der Waals surface area (Å²) in [6.07, 6.45) is 4.72. The van der Waals surface area contributed by atoms with E-state index in [1.807, 2.05) is 70.2 Å². The zero-order valence-electron chi connectivity index (χ0n) is 25.6. The fourth-order valence-electron chi connectivity index (χ4n) is 3.40. The molecular formula is C30H45N5O7. The van der Waals surface area contributed by atoms with Crippen LogP contribution in [0.3, 0.4) is 0 Å². The molecule has 0 aliphatic carbocycles. The molecule has 0 spiro atoms. The summed E-state index contributed by atoms with van der Waals surface area (Å²) in [6, 6.07) is 8.71. The maximum Gasteiger partial charge on any atom is 0.328 e. The third-order valence-corrected chi connectivity index (χ3v) is 5.58. The molecule has 12 heteroatoms. The van der Waals surface area contributed by atoms with E-state index in [2.05, 4.69) is 10.6 Å². The lowest BCUT2D eigenvalue weighted by Crippen LogP contribution is -2.55. The van der Waals surface area contributed by atoms with Gasteiger partial charge in [0.2, 0.25) is 12.8 Å². The Hall–Kier alpha value is -4.45. The van der Waals surface area contributed by atoms with Crippen LogP contribution >= 0.6 is 0 Å². The van der Waals surface area contributed by atoms with Crippen molar-refractivity contribution in [1.82, 2.24) is 14.7 Å². The number of nitrogens with one attached hydrogen (secondary N) is 2. The largest absolute Gasteiger partial charge is 0.512 e. The first-order valence-corrected chi connectivity index (χ1v) is 13.6. The van der Waals surface area contributed by atoms with Crippen molar-refractivity contribution in [2.45, 2.75) is 46.7 Å². The normalized spacial score (nSPS) is 14.8. The Labute approximate surface area is 247 Å². The summed E-state index contributed by atoms with van der Waals surface area (Å²) >= 11 is 0. The Balaban J connectivity index is 0.000000744. The summed E-state index contributed by atoms with van der Waals surface area (Å²) in [4.78, 5) is 59.5. The Morgan fingerprint density at radius 1 is 0.952 bits per heavy atom. The van der Waals surface area contributed by atoms with Gasteiger partial charge in [-0.25, -0.2) is 4.79 Å². The van der Waals surface area contributed by atoms with E-state index < -0.39 is 22.9 Å². The smallest absolute Gasteiger partial charge is 0.328 e. The van der Waals surface area contributed by atoms with E-state index in [4.69, 9.17) is 5.11 Å². The molecule has 0 aromatic heterocycles. The number of carbonyl (C=O) groups is 3. The molecule has 1 atom stereocenters. The van der Waals surface area contributed by atoms with Gasteiger partial charge in [0.1, 0.15) is 17.4 Å². The molecule has 3 rings (SSSR count). The molecule has 1 aliphatic rings. The molecule has 2 aromatic carbocycles. The highest BCUT2D eigenvalue weighted by Crippen LogP contribution is 2.20. The zero-order chi connectivity index (χ0) is 32.2. The molecule has 42 heavy (non-hydrogen) atoms. The molecular weight excluding hydrogens is 542 g/mol. The second-order valence-electron chi connectivity index (χ2n) is 9.28. The van der Waals surface area contributed by atoms with Gasteiger partial charge in [-0.3, -0.25) is 19.2 Å². The van der Waals surface area contributed by atoms with Crippen LogP contribution in [0.1, 0.15) is 39.7 Å². The molecule has 1 saturated heterocycles. The van der Waals surface area contributed by atoms with E-state index in [-0.39, 0.29) is 36.6 Å². The molecule has 12 nitrogen and oxygen atoms in total. The van der Waals surface area contributed by atoms with Crippen LogP contribution in [0, 0.1) is 0 Å². The van der Waals surface area contributed by atoms with E-state index in [1.165, 1.54) is 9.80 Å². The highest BCUT2D eigenvalue weighted by molar-refractivity contribution is 5.77. The number of piperazine rings is 1. The van der Waals surface area contributed by atoms with Crippen molar-refractivity contribution >= 4 is 30.2 Å². The number of aliphatic hydroxyl groups is 1. The maximum absolute atomic E-state index is 11.8. The first-order chi connectivity index (χ1) is 20.0. The number of hydrogen-bond acceptors (Lipinski definition) is 9. The van der Waals surface area contributed by atoms with E-state index in [1.54, 1.807) is 26.0 Å². The average Bonchev–Trinajstić information content (AvgIpc) is 3.00. The number of aliphatic hydroxyl groups excluding tert-OH is 1. The van der Waals surface area contributed by atoms with Crippen molar-refractivity contribution in [2.75, 3.05) is 51.4 Å². The fraction of sp³-hybridized carbons (Fsp3) is 0.433. The van der Waals surface area contributed by atoms with Crippen molar-refractivity contribution in [3.8, 4) is 0 Å². The van der Waals surface area contributed by atoms with Gasteiger partial charge in [-0.15, -0.1) is 0 Å². The number of nitrogens with zero attached hydrogens (tertiary/aromatic N) is 3. The van der Waals surface area contributed by atoms with E-state index >= 15 is 0 Å². The Morgan fingerprint density at radius 2 is 1.52 bits per heavy atom. The predicted octanol–water partition coefficient (Wildman–Crippen LogP) is 2.64. The standard InChI is InChI=1S/C18H20N2O3.C7H10N2O4.C3H9N.C2H6/c1-3-13(10-14(21)4-2)20-16-15(17(22)18(16)23)19-11-12-8-6-5-7-9-12;10-4-8-1-2-9(5-11)6(3-8)7(12)13;1-4(2)3;1-2/h3-9,19-21H,10-11H2,1-2H3;4-6H,1-3H2,(H,12,13);1-3H3;1-2H3/b13-3+,14-4+;;;. The van der Waals surface area contributed by atoms with Crippen molar-refractivity contribution in [3.05, 3.63) is 80.0 Å². The SMILES string of the molecule is C/C=C(/O)C/C(=C\C)Nc1c(NCc2ccccc2)c(=O)c1=O.CC.CN(C)C.O=CN1CCN(C=O)C(C(=O)O)C1. The van der Waals surface area contributed by atoms with Crippen LogP contribution in [0.25, 0.3) is 0 Å². The molecule has 2 amide bonds. The Bertz CT molecular complexity index is 1230. The lowest BCUT2D eigenvalue weighted by atomic mass is 10.1. The van der Waals surface area contributed by atoms with Gasteiger partial charge < -0.3 is 35.5 Å². The fourth-order valence-corrected chi connectivity index (χ4v) is 3.40. The summed E-state index contributed by atoms with van der Waals surface area (Å²) in [6.45, 7) is 8.73. The van der Waals surface area contributed by atoms with E-state index in [9.17, 15) is 29.1 Å². The maximum atomic E-state index is 11.8. The molecule has 0 bridgehead atoms. The van der Waals surface area contributed by atoms with Crippen LogP contribution in [-0.2, 0) is 20.9 Å². The second kappa shape index (κ2) is 20.4. The van der Waals surface area contributed by atoms with Gasteiger partial charge in [0.05, 0.1) is 12.3 Å². The molecule has 4 N–H and O–H groups in total. The monoisotopic (exact) mass is 587 g/mol. The topological polar surface area (TPSA) is 160 Å². The quantitative estimate of drug-likeness (QED) is 0.185. The number of carboxylic acids is 1. The number of carboxylic acid groups (broad SMARTS) is 1. The minimum Gasteiger partial charge on any atom is -0.512 e. The van der Waals surface area contributed by atoms with Gasteiger partial charge in [0, 0.05) is 31.8 Å². The first kappa shape index (κ1) is 37.6. The number of benzene rings is 1. The minimum absolute atomic E-state index is 0.0670. The number of aliphatic carboxylic acids is 1. The molecule has 1 heterocycles. The highest BCUT2D eigenvalue weighted by Gasteiger charge is 2.30. The number of carbonyl (C=O) groups excluding carboxylic acids is 2. The van der Waals surface area contributed by atoms with Crippen molar-refractivity contribution in [2.24, 2.45) is 0 Å². The van der Waals surface area contributed by atoms with Crippen LogP contribution in [0.15, 0.2) is 63.5 Å². The molecule has 0 radical (unpaired) electrons. The summed E-state index contributed by atoms with van der Waals surface area (Å²) in [5.74, 6) is -0.887. The van der Waals surface area contributed by atoms with Crippen LogP contribution < -0.4 is 21.5 Å². The molecule has 0 saturated carbocycles. The average molecular weight is 588 g/mol. The van der Waals surface area contributed by atoms with Crippen molar-refractivity contribution in [1.29, 1.82) is 0 Å². The third-order valence-electron chi connectivity index (χ3n) is 5.58. The van der Waals surface area contributed by atoms with Gasteiger partial charge in [-0.05, 0) is 46.6 Å². The van der Waals surface area contributed by atoms with Gasteiger partial charge in [-0.1, -0.05) is 50.3 Å².